The highest BCUT2D eigenvalue weighted by atomic mass is 16.2. The molecule has 5 N–H and O–H groups in total. The molecular formula is C14H27N5O. The number of nitrogens with one attached hydrogen (secondary N) is 2. The number of aromatic nitrogens is 2. The molecule has 0 amide bonds. The number of rotatable bonds is 8. The maximum atomic E-state index is 8.92. The summed E-state index contributed by atoms with van der Waals surface area (Å²) in [5.74, 6) is 7.82. The third-order valence-corrected chi connectivity index (χ3v) is 3.17. The van der Waals surface area contributed by atoms with Gasteiger partial charge in [0.1, 0.15) is 17.5 Å². The Labute approximate surface area is 121 Å². The van der Waals surface area contributed by atoms with Gasteiger partial charge in [-0.15, -0.1) is 0 Å². The van der Waals surface area contributed by atoms with Crippen molar-refractivity contribution in [1.82, 2.24) is 9.97 Å². The normalized spacial score (nSPS) is 11.8. The van der Waals surface area contributed by atoms with E-state index in [0.717, 1.165) is 31.0 Å². The molecule has 1 aromatic heterocycles. The molecule has 0 spiro atoms. The average Bonchev–Trinajstić information content (AvgIpc) is 2.42. The first kappa shape index (κ1) is 16.7. The molecule has 0 aliphatic heterocycles. The van der Waals surface area contributed by atoms with Gasteiger partial charge in [0.2, 0.25) is 0 Å². The van der Waals surface area contributed by atoms with Gasteiger partial charge in [-0.25, -0.2) is 15.8 Å². The zero-order valence-corrected chi connectivity index (χ0v) is 12.9. The molecule has 0 aliphatic rings. The molecule has 6 heteroatoms. The van der Waals surface area contributed by atoms with Crippen molar-refractivity contribution in [3.05, 3.63) is 11.9 Å². The summed E-state index contributed by atoms with van der Waals surface area (Å²) in [6.45, 7) is 9.45. The lowest BCUT2D eigenvalue weighted by atomic mass is 9.88. The van der Waals surface area contributed by atoms with E-state index in [-0.39, 0.29) is 17.9 Å². The minimum absolute atomic E-state index is 0.0992. The van der Waals surface area contributed by atoms with Crippen molar-refractivity contribution < 1.29 is 5.11 Å². The highest BCUT2D eigenvalue weighted by Gasteiger charge is 2.17. The van der Waals surface area contributed by atoms with Gasteiger partial charge in [-0.1, -0.05) is 27.7 Å². The maximum absolute atomic E-state index is 8.92. The summed E-state index contributed by atoms with van der Waals surface area (Å²) in [7, 11) is 0. The fraction of sp³-hybridized carbons (Fsp3) is 0.714. The molecular weight excluding hydrogens is 254 g/mol. The molecule has 0 saturated heterocycles. The number of aliphatic hydroxyl groups is 1. The van der Waals surface area contributed by atoms with Crippen molar-refractivity contribution in [1.29, 1.82) is 0 Å². The van der Waals surface area contributed by atoms with E-state index in [1.165, 1.54) is 0 Å². The number of anilines is 2. The van der Waals surface area contributed by atoms with Crippen LogP contribution in [0, 0.1) is 5.41 Å². The molecule has 6 nitrogen and oxygen atoms in total. The van der Waals surface area contributed by atoms with E-state index in [0.29, 0.717) is 5.82 Å². The van der Waals surface area contributed by atoms with Crippen molar-refractivity contribution in [3.8, 4) is 0 Å². The van der Waals surface area contributed by atoms with Crippen molar-refractivity contribution in [2.45, 2.75) is 46.5 Å². The van der Waals surface area contributed by atoms with Crippen LogP contribution in [-0.2, 0) is 0 Å². The van der Waals surface area contributed by atoms with E-state index in [4.69, 9.17) is 10.9 Å². The Balaban J connectivity index is 2.74. The molecule has 0 unspecified atom stereocenters. The largest absolute Gasteiger partial charge is 0.396 e. The van der Waals surface area contributed by atoms with E-state index < -0.39 is 0 Å². The van der Waals surface area contributed by atoms with Crippen LogP contribution in [0.1, 0.15) is 52.3 Å². The second-order valence-electron chi connectivity index (χ2n) is 6.14. The fourth-order valence-electron chi connectivity index (χ4n) is 1.86. The molecule has 0 saturated carbocycles. The topological polar surface area (TPSA) is 96.1 Å². The Bertz CT molecular complexity index is 420. The Morgan fingerprint density at radius 1 is 1.30 bits per heavy atom. The van der Waals surface area contributed by atoms with Gasteiger partial charge >= 0.3 is 0 Å². The van der Waals surface area contributed by atoms with E-state index in [1.54, 1.807) is 6.07 Å². The molecule has 1 rings (SSSR count). The lowest BCUT2D eigenvalue weighted by molar-refractivity contribution is 0.248. The van der Waals surface area contributed by atoms with Gasteiger partial charge < -0.3 is 15.8 Å². The molecule has 1 aromatic rings. The minimum atomic E-state index is 0.0992. The summed E-state index contributed by atoms with van der Waals surface area (Å²) in [6.07, 6.45) is 1.77. The van der Waals surface area contributed by atoms with Gasteiger partial charge in [-0.05, 0) is 18.3 Å². The maximum Gasteiger partial charge on any atom is 0.145 e. The van der Waals surface area contributed by atoms with E-state index >= 15 is 0 Å². The molecule has 20 heavy (non-hydrogen) atoms. The molecule has 0 bridgehead atoms. The van der Waals surface area contributed by atoms with E-state index in [2.05, 4.69) is 34.6 Å². The standard InChI is InChI=1S/C14H27N5O/c1-10(2)13-17-11(8-12(18-13)19-15)16-9-14(3,4)6-5-7-20/h8,10,20H,5-7,9,15H2,1-4H3,(H2,16,17,18,19). The lowest BCUT2D eigenvalue weighted by Crippen LogP contribution is -2.24. The SMILES string of the molecule is CC(C)c1nc(NN)cc(NCC(C)(C)CCCO)n1. The van der Waals surface area contributed by atoms with Crippen molar-refractivity contribution in [2.24, 2.45) is 11.3 Å². The summed E-state index contributed by atoms with van der Waals surface area (Å²) < 4.78 is 0. The minimum Gasteiger partial charge on any atom is -0.396 e. The Morgan fingerprint density at radius 2 is 1.95 bits per heavy atom. The third kappa shape index (κ3) is 5.30. The van der Waals surface area contributed by atoms with Gasteiger partial charge in [0.25, 0.3) is 0 Å². The highest BCUT2D eigenvalue weighted by Crippen LogP contribution is 2.23. The summed E-state index contributed by atoms with van der Waals surface area (Å²) in [4.78, 5) is 8.82. The van der Waals surface area contributed by atoms with E-state index in [1.807, 2.05) is 13.8 Å². The summed E-state index contributed by atoms with van der Waals surface area (Å²) in [5, 5.41) is 12.3. The van der Waals surface area contributed by atoms with Gasteiger partial charge in [0, 0.05) is 25.1 Å². The number of nitrogen functional groups attached to an aromatic ring is 1. The van der Waals surface area contributed by atoms with Crippen LogP contribution >= 0.6 is 0 Å². The zero-order chi connectivity index (χ0) is 15.2. The zero-order valence-electron chi connectivity index (χ0n) is 12.9. The van der Waals surface area contributed by atoms with E-state index in [9.17, 15) is 0 Å². The molecule has 1 heterocycles. The number of hydrazine groups is 1. The van der Waals surface area contributed by atoms with Gasteiger partial charge in [-0.3, -0.25) is 0 Å². The molecule has 114 valence electrons. The van der Waals surface area contributed by atoms with Crippen molar-refractivity contribution >= 4 is 11.6 Å². The summed E-state index contributed by atoms with van der Waals surface area (Å²) in [5.41, 5.74) is 2.67. The Morgan fingerprint density at radius 3 is 2.50 bits per heavy atom. The van der Waals surface area contributed by atoms with Crippen LogP contribution in [-0.4, -0.2) is 28.2 Å². The molecule has 0 aromatic carbocycles. The van der Waals surface area contributed by atoms with Gasteiger partial charge in [0.15, 0.2) is 0 Å². The van der Waals surface area contributed by atoms with Crippen molar-refractivity contribution in [2.75, 3.05) is 23.9 Å². The lowest BCUT2D eigenvalue weighted by Gasteiger charge is -2.25. The molecule has 0 aliphatic carbocycles. The number of hydrogen-bond donors (Lipinski definition) is 4. The fourth-order valence-corrected chi connectivity index (χ4v) is 1.86. The van der Waals surface area contributed by atoms with Gasteiger partial charge in [0.05, 0.1) is 0 Å². The molecule has 0 radical (unpaired) electrons. The predicted octanol–water partition coefficient (Wildman–Crippen LogP) is 2.10. The molecule has 0 atom stereocenters. The first-order valence-corrected chi connectivity index (χ1v) is 7.08. The van der Waals surface area contributed by atoms with Crippen LogP contribution in [0.2, 0.25) is 0 Å². The van der Waals surface area contributed by atoms with Crippen LogP contribution in [0.25, 0.3) is 0 Å². The van der Waals surface area contributed by atoms with Crippen LogP contribution < -0.4 is 16.6 Å². The predicted molar refractivity (Wildman–Crippen MR) is 82.5 cm³/mol. The number of nitrogens with two attached hydrogens (primary N) is 1. The number of hydrogen-bond acceptors (Lipinski definition) is 6. The monoisotopic (exact) mass is 281 g/mol. The molecule has 0 fully saturated rings. The second-order valence-corrected chi connectivity index (χ2v) is 6.14. The van der Waals surface area contributed by atoms with Crippen LogP contribution in [0.4, 0.5) is 11.6 Å². The van der Waals surface area contributed by atoms with Crippen LogP contribution in [0.5, 0.6) is 0 Å². The Hall–Kier alpha value is -1.40. The van der Waals surface area contributed by atoms with Gasteiger partial charge in [-0.2, -0.15) is 0 Å². The first-order valence-electron chi connectivity index (χ1n) is 7.08. The third-order valence-electron chi connectivity index (χ3n) is 3.17. The Kier molecular flexibility index (Phi) is 6.16. The van der Waals surface area contributed by atoms with Crippen molar-refractivity contribution in [3.63, 3.8) is 0 Å². The smallest absolute Gasteiger partial charge is 0.145 e. The number of aliphatic hydroxyl groups excluding tert-OH is 1. The number of nitrogens with zero attached hydrogens (tertiary/aromatic N) is 2. The quantitative estimate of drug-likeness (QED) is 0.430. The van der Waals surface area contributed by atoms with Crippen LogP contribution in [0.3, 0.4) is 0 Å². The average molecular weight is 281 g/mol. The summed E-state index contributed by atoms with van der Waals surface area (Å²) in [6, 6.07) is 1.80. The second kappa shape index (κ2) is 7.40. The first-order chi connectivity index (χ1) is 9.38. The van der Waals surface area contributed by atoms with Crippen LogP contribution in [0.15, 0.2) is 6.07 Å². The highest BCUT2D eigenvalue weighted by molar-refractivity contribution is 5.47. The summed E-state index contributed by atoms with van der Waals surface area (Å²) >= 11 is 0.